The predicted octanol–water partition coefficient (Wildman–Crippen LogP) is 0.325. The molecule has 0 aromatic rings. The topological polar surface area (TPSA) is 159 Å². The average Bonchev–Trinajstić information content (AvgIpc) is 2.55. The molecule has 0 bridgehead atoms. The minimum Gasteiger partial charge on any atom is -0.481 e. The van der Waals surface area contributed by atoms with Gasteiger partial charge in [0, 0.05) is 6.42 Å². The predicted molar refractivity (Wildman–Crippen MR) is 95.3 cm³/mol. The average molecular weight is 373 g/mol. The lowest BCUT2D eigenvalue weighted by Gasteiger charge is -2.25. The standard InChI is InChI=1S/C17H31N3O6/c1-5-10(4)14(18)16(24)20-12(8-9(2)3)15(23)19-11(17(25)26)6-7-13(21)22/h9-12,14H,5-8,18H2,1-4H3,(H,19,23)(H,20,24)(H,21,22)(H,25,26). The number of nitrogens with one attached hydrogen (secondary N) is 2. The van der Waals surface area contributed by atoms with Gasteiger partial charge in [0.25, 0.3) is 0 Å². The molecule has 0 saturated carbocycles. The van der Waals surface area contributed by atoms with Gasteiger partial charge in [0.2, 0.25) is 11.8 Å². The monoisotopic (exact) mass is 373 g/mol. The van der Waals surface area contributed by atoms with Crippen molar-refractivity contribution in [3.8, 4) is 0 Å². The molecule has 26 heavy (non-hydrogen) atoms. The highest BCUT2D eigenvalue weighted by atomic mass is 16.4. The van der Waals surface area contributed by atoms with E-state index in [9.17, 15) is 19.2 Å². The van der Waals surface area contributed by atoms with Gasteiger partial charge in [0.05, 0.1) is 6.04 Å². The van der Waals surface area contributed by atoms with Crippen molar-refractivity contribution in [3.05, 3.63) is 0 Å². The van der Waals surface area contributed by atoms with Gasteiger partial charge in [0.15, 0.2) is 0 Å². The first-order valence-corrected chi connectivity index (χ1v) is 8.80. The van der Waals surface area contributed by atoms with Crippen LogP contribution in [0.5, 0.6) is 0 Å². The minimum absolute atomic E-state index is 0.0631. The van der Waals surface area contributed by atoms with Crippen molar-refractivity contribution in [2.75, 3.05) is 0 Å². The van der Waals surface area contributed by atoms with Crippen molar-refractivity contribution in [1.29, 1.82) is 0 Å². The Balaban J connectivity index is 5.08. The Hall–Kier alpha value is -2.16. The number of nitrogens with two attached hydrogens (primary N) is 1. The van der Waals surface area contributed by atoms with Gasteiger partial charge in [-0.05, 0) is 24.7 Å². The lowest BCUT2D eigenvalue weighted by molar-refractivity contribution is -0.143. The molecule has 9 nitrogen and oxygen atoms in total. The molecule has 0 aliphatic heterocycles. The summed E-state index contributed by atoms with van der Waals surface area (Å²) >= 11 is 0. The van der Waals surface area contributed by atoms with Crippen LogP contribution in [0.25, 0.3) is 0 Å². The van der Waals surface area contributed by atoms with Crippen LogP contribution >= 0.6 is 0 Å². The Morgan fingerprint density at radius 3 is 1.92 bits per heavy atom. The summed E-state index contributed by atoms with van der Waals surface area (Å²) in [4.78, 5) is 46.6. The van der Waals surface area contributed by atoms with Gasteiger partial charge in [-0.15, -0.1) is 0 Å². The molecular weight excluding hydrogens is 342 g/mol. The van der Waals surface area contributed by atoms with E-state index in [1.54, 1.807) is 0 Å². The third kappa shape index (κ3) is 8.80. The summed E-state index contributed by atoms with van der Waals surface area (Å²) in [5.41, 5.74) is 5.88. The Bertz CT molecular complexity index is 509. The van der Waals surface area contributed by atoms with Crippen molar-refractivity contribution in [1.82, 2.24) is 10.6 Å². The number of carboxylic acid groups (broad SMARTS) is 2. The summed E-state index contributed by atoms with van der Waals surface area (Å²) in [5.74, 6) is -3.63. The summed E-state index contributed by atoms with van der Waals surface area (Å²) < 4.78 is 0. The number of carbonyl (C=O) groups is 4. The molecule has 0 saturated heterocycles. The van der Waals surface area contributed by atoms with Crippen LogP contribution < -0.4 is 16.4 Å². The first kappa shape index (κ1) is 23.8. The largest absolute Gasteiger partial charge is 0.481 e. The van der Waals surface area contributed by atoms with E-state index in [4.69, 9.17) is 15.9 Å². The highest BCUT2D eigenvalue weighted by molar-refractivity contribution is 5.91. The Morgan fingerprint density at radius 2 is 1.50 bits per heavy atom. The zero-order chi connectivity index (χ0) is 20.4. The number of carbonyl (C=O) groups excluding carboxylic acids is 2. The fourth-order valence-corrected chi connectivity index (χ4v) is 2.28. The smallest absolute Gasteiger partial charge is 0.326 e. The van der Waals surface area contributed by atoms with Crippen molar-refractivity contribution in [3.63, 3.8) is 0 Å². The first-order valence-electron chi connectivity index (χ1n) is 8.80. The molecule has 0 fully saturated rings. The lowest BCUT2D eigenvalue weighted by Crippen LogP contribution is -2.55. The molecule has 0 heterocycles. The Kier molecular flexibility index (Phi) is 10.5. The molecule has 6 N–H and O–H groups in total. The van der Waals surface area contributed by atoms with Gasteiger partial charge < -0.3 is 26.6 Å². The maximum Gasteiger partial charge on any atom is 0.326 e. The molecular formula is C17H31N3O6. The summed E-state index contributed by atoms with van der Waals surface area (Å²) in [7, 11) is 0. The van der Waals surface area contributed by atoms with E-state index in [1.807, 2.05) is 27.7 Å². The van der Waals surface area contributed by atoms with Crippen molar-refractivity contribution < 1.29 is 29.4 Å². The highest BCUT2D eigenvalue weighted by Gasteiger charge is 2.29. The van der Waals surface area contributed by atoms with Crippen LogP contribution in [-0.4, -0.2) is 52.1 Å². The number of rotatable bonds is 12. The molecule has 0 rings (SSSR count). The number of amides is 2. The second-order valence-corrected chi connectivity index (χ2v) is 6.93. The van der Waals surface area contributed by atoms with Crippen LogP contribution in [0.15, 0.2) is 0 Å². The van der Waals surface area contributed by atoms with Crippen molar-refractivity contribution in [2.24, 2.45) is 17.6 Å². The number of carboxylic acids is 2. The van der Waals surface area contributed by atoms with Gasteiger partial charge in [-0.3, -0.25) is 14.4 Å². The second kappa shape index (κ2) is 11.5. The van der Waals surface area contributed by atoms with Crippen LogP contribution in [0.1, 0.15) is 53.4 Å². The van der Waals surface area contributed by atoms with Gasteiger partial charge in [0.1, 0.15) is 12.1 Å². The van der Waals surface area contributed by atoms with E-state index in [1.165, 1.54) is 0 Å². The van der Waals surface area contributed by atoms with E-state index in [0.29, 0.717) is 12.8 Å². The molecule has 0 aliphatic carbocycles. The molecule has 0 aromatic carbocycles. The Morgan fingerprint density at radius 1 is 0.962 bits per heavy atom. The maximum atomic E-state index is 12.5. The quantitative estimate of drug-likeness (QED) is 0.329. The highest BCUT2D eigenvalue weighted by Crippen LogP contribution is 2.10. The van der Waals surface area contributed by atoms with Gasteiger partial charge in [-0.2, -0.15) is 0 Å². The zero-order valence-corrected chi connectivity index (χ0v) is 15.8. The third-order valence-electron chi connectivity index (χ3n) is 4.16. The molecule has 150 valence electrons. The normalized spacial score (nSPS) is 15.6. The van der Waals surface area contributed by atoms with E-state index >= 15 is 0 Å². The fourth-order valence-electron chi connectivity index (χ4n) is 2.28. The third-order valence-corrected chi connectivity index (χ3v) is 4.16. The van der Waals surface area contributed by atoms with Gasteiger partial charge in [-0.25, -0.2) is 4.79 Å². The first-order chi connectivity index (χ1) is 12.0. The van der Waals surface area contributed by atoms with Crippen LogP contribution in [0.4, 0.5) is 0 Å². The number of hydrogen-bond donors (Lipinski definition) is 5. The van der Waals surface area contributed by atoms with E-state index < -0.39 is 48.3 Å². The molecule has 4 unspecified atom stereocenters. The number of hydrogen-bond acceptors (Lipinski definition) is 5. The molecule has 0 radical (unpaired) electrons. The van der Waals surface area contributed by atoms with Crippen LogP contribution in [0, 0.1) is 11.8 Å². The van der Waals surface area contributed by atoms with Crippen LogP contribution in [0.3, 0.4) is 0 Å². The van der Waals surface area contributed by atoms with Crippen LogP contribution in [0.2, 0.25) is 0 Å². The van der Waals surface area contributed by atoms with Crippen LogP contribution in [-0.2, 0) is 19.2 Å². The van der Waals surface area contributed by atoms with Crippen molar-refractivity contribution >= 4 is 23.8 Å². The van der Waals surface area contributed by atoms with E-state index in [-0.39, 0.29) is 18.3 Å². The zero-order valence-electron chi connectivity index (χ0n) is 15.8. The molecule has 4 atom stereocenters. The maximum absolute atomic E-state index is 12.5. The SMILES string of the molecule is CCC(C)C(N)C(=O)NC(CC(C)C)C(=O)NC(CCC(=O)O)C(=O)O. The van der Waals surface area contributed by atoms with Crippen molar-refractivity contribution in [2.45, 2.75) is 71.5 Å². The molecule has 9 heteroatoms. The molecule has 0 aliphatic rings. The van der Waals surface area contributed by atoms with Gasteiger partial charge >= 0.3 is 11.9 Å². The van der Waals surface area contributed by atoms with E-state index in [0.717, 1.165) is 0 Å². The molecule has 0 aromatic heterocycles. The minimum atomic E-state index is -1.34. The number of aliphatic carboxylic acids is 2. The van der Waals surface area contributed by atoms with Gasteiger partial charge in [-0.1, -0.05) is 34.1 Å². The summed E-state index contributed by atoms with van der Waals surface area (Å²) in [6.45, 7) is 7.45. The molecule has 0 spiro atoms. The summed E-state index contributed by atoms with van der Waals surface area (Å²) in [5, 5.41) is 22.7. The Labute approximate surface area is 153 Å². The fraction of sp³-hybridized carbons (Fsp3) is 0.765. The lowest BCUT2D eigenvalue weighted by atomic mass is 9.97. The van der Waals surface area contributed by atoms with E-state index in [2.05, 4.69) is 10.6 Å². The molecule has 2 amide bonds. The second-order valence-electron chi connectivity index (χ2n) is 6.93. The summed E-state index contributed by atoms with van der Waals surface area (Å²) in [6, 6.07) is -3.05. The summed E-state index contributed by atoms with van der Waals surface area (Å²) in [6.07, 6.45) is 0.366.